The summed E-state index contributed by atoms with van der Waals surface area (Å²) in [6.07, 6.45) is 51.0. The van der Waals surface area contributed by atoms with Gasteiger partial charge >= 0.3 is 17.9 Å². The summed E-state index contributed by atoms with van der Waals surface area (Å²) in [6.45, 7) is 6.08. The van der Waals surface area contributed by atoms with E-state index in [4.69, 9.17) is 14.2 Å². The smallest absolute Gasteiger partial charge is 0.306 e. The van der Waals surface area contributed by atoms with Crippen molar-refractivity contribution in [3.8, 4) is 0 Å². The van der Waals surface area contributed by atoms with Gasteiger partial charge in [-0.2, -0.15) is 0 Å². The molecule has 0 fully saturated rings. The molecule has 1 atom stereocenters. The predicted octanol–water partition coefficient (Wildman–Crippen LogP) is 12.1. The zero-order chi connectivity index (χ0) is 37.3. The van der Waals surface area contributed by atoms with E-state index >= 15 is 0 Å². The second kappa shape index (κ2) is 38.9. The van der Waals surface area contributed by atoms with Crippen molar-refractivity contribution in [2.24, 2.45) is 0 Å². The standard InChI is InChI=1S/C45H68O6/c1-4-7-10-13-16-19-21-22-24-26-29-32-35-38-44(47)50-41-42(40-49-43(46)37-34-31-28-25-18-15-12-9-6-3)51-45(48)39-36-33-30-27-23-20-17-14-11-8-5-2/h7-13,16-22,24-25,27,30,42H,4-6,14-15,23,26,28-29,31-41H2,1-3H3/b10-7-,11-8-,12-9-,16-13-,20-17-,21-19-,24-22-,25-18-,30-27-. The van der Waals surface area contributed by atoms with E-state index in [0.717, 1.165) is 83.5 Å². The average molecular weight is 705 g/mol. The van der Waals surface area contributed by atoms with E-state index in [9.17, 15) is 14.4 Å². The second-order valence-electron chi connectivity index (χ2n) is 12.1. The maximum atomic E-state index is 12.6. The Morgan fingerprint density at radius 2 is 0.824 bits per heavy atom. The minimum absolute atomic E-state index is 0.132. The molecule has 0 rings (SSSR count). The van der Waals surface area contributed by atoms with E-state index in [2.05, 4.69) is 93.7 Å². The Bertz CT molecular complexity index is 1130. The van der Waals surface area contributed by atoms with Crippen LogP contribution in [-0.2, 0) is 28.6 Å². The van der Waals surface area contributed by atoms with E-state index in [1.165, 1.54) is 0 Å². The first kappa shape index (κ1) is 47.1. The quantitative estimate of drug-likeness (QED) is 0.0228. The molecule has 0 N–H and O–H groups in total. The van der Waals surface area contributed by atoms with Crippen LogP contribution in [0.2, 0.25) is 0 Å². The number of unbranched alkanes of at least 4 members (excludes halogenated alkanes) is 6. The second-order valence-corrected chi connectivity index (χ2v) is 12.1. The summed E-state index contributed by atoms with van der Waals surface area (Å²) in [4.78, 5) is 37.4. The number of allylic oxidation sites excluding steroid dienone is 18. The molecule has 0 heterocycles. The molecule has 0 bridgehead atoms. The molecular formula is C45H68O6. The summed E-state index contributed by atoms with van der Waals surface area (Å²) in [5.41, 5.74) is 0. The summed E-state index contributed by atoms with van der Waals surface area (Å²) in [5.74, 6) is -1.08. The zero-order valence-electron chi connectivity index (χ0n) is 32.1. The lowest BCUT2D eigenvalue weighted by Crippen LogP contribution is -2.30. The minimum Gasteiger partial charge on any atom is -0.462 e. The van der Waals surface area contributed by atoms with Gasteiger partial charge in [0.2, 0.25) is 0 Å². The van der Waals surface area contributed by atoms with Crippen LogP contribution in [0.25, 0.3) is 0 Å². The SMILES string of the molecule is CC\C=C/C=C\C=C/C=C\CCCCCC(=O)OCC(COC(=O)CCCC/C=C\C/C=C\CC)OC(=O)CCC/C=C\C/C=C\C/C=C\CC. The van der Waals surface area contributed by atoms with E-state index in [1.807, 2.05) is 36.5 Å². The molecule has 6 nitrogen and oxygen atoms in total. The number of hydrogen-bond acceptors (Lipinski definition) is 6. The average Bonchev–Trinajstić information content (AvgIpc) is 3.12. The zero-order valence-corrected chi connectivity index (χ0v) is 32.1. The van der Waals surface area contributed by atoms with E-state index < -0.39 is 12.1 Å². The van der Waals surface area contributed by atoms with E-state index in [1.54, 1.807) is 0 Å². The van der Waals surface area contributed by atoms with Gasteiger partial charge in [0, 0.05) is 19.3 Å². The van der Waals surface area contributed by atoms with Gasteiger partial charge in [-0.3, -0.25) is 14.4 Å². The van der Waals surface area contributed by atoms with Gasteiger partial charge in [0.1, 0.15) is 13.2 Å². The van der Waals surface area contributed by atoms with Crippen LogP contribution in [0.5, 0.6) is 0 Å². The van der Waals surface area contributed by atoms with Gasteiger partial charge in [-0.05, 0) is 89.9 Å². The Morgan fingerprint density at radius 1 is 0.412 bits per heavy atom. The van der Waals surface area contributed by atoms with Crippen molar-refractivity contribution in [2.75, 3.05) is 13.2 Å². The molecule has 0 spiro atoms. The monoisotopic (exact) mass is 705 g/mol. The van der Waals surface area contributed by atoms with E-state index in [0.29, 0.717) is 25.7 Å². The predicted molar refractivity (Wildman–Crippen MR) is 214 cm³/mol. The molecule has 0 saturated heterocycles. The van der Waals surface area contributed by atoms with Gasteiger partial charge in [0.05, 0.1) is 0 Å². The Balaban J connectivity index is 4.59. The molecule has 0 aromatic heterocycles. The molecule has 0 aliphatic rings. The van der Waals surface area contributed by atoms with Crippen LogP contribution >= 0.6 is 0 Å². The van der Waals surface area contributed by atoms with Gasteiger partial charge in [-0.1, -0.05) is 137 Å². The molecule has 51 heavy (non-hydrogen) atoms. The Hall–Kier alpha value is -3.93. The van der Waals surface area contributed by atoms with Crippen LogP contribution in [0.15, 0.2) is 109 Å². The molecule has 0 amide bonds. The number of hydrogen-bond donors (Lipinski definition) is 0. The highest BCUT2D eigenvalue weighted by atomic mass is 16.6. The molecule has 0 radical (unpaired) electrons. The van der Waals surface area contributed by atoms with Crippen molar-refractivity contribution >= 4 is 17.9 Å². The maximum Gasteiger partial charge on any atom is 0.306 e. The topological polar surface area (TPSA) is 78.9 Å². The van der Waals surface area contributed by atoms with Crippen molar-refractivity contribution < 1.29 is 28.6 Å². The van der Waals surface area contributed by atoms with Crippen LogP contribution in [0, 0.1) is 0 Å². The van der Waals surface area contributed by atoms with Crippen molar-refractivity contribution in [3.63, 3.8) is 0 Å². The van der Waals surface area contributed by atoms with Crippen molar-refractivity contribution in [1.29, 1.82) is 0 Å². The van der Waals surface area contributed by atoms with Crippen LogP contribution < -0.4 is 0 Å². The lowest BCUT2D eigenvalue weighted by atomic mass is 10.1. The largest absolute Gasteiger partial charge is 0.462 e. The molecule has 0 aromatic carbocycles. The molecule has 0 aliphatic carbocycles. The first-order valence-electron chi connectivity index (χ1n) is 19.4. The summed E-state index contributed by atoms with van der Waals surface area (Å²) in [6, 6.07) is 0. The van der Waals surface area contributed by atoms with Gasteiger partial charge in [0.25, 0.3) is 0 Å². The fourth-order valence-corrected chi connectivity index (χ4v) is 4.51. The lowest BCUT2D eigenvalue weighted by Gasteiger charge is -2.18. The Labute approximate surface area is 310 Å². The van der Waals surface area contributed by atoms with Crippen LogP contribution in [0.1, 0.15) is 136 Å². The van der Waals surface area contributed by atoms with Crippen LogP contribution in [0.4, 0.5) is 0 Å². The van der Waals surface area contributed by atoms with Gasteiger partial charge in [-0.25, -0.2) is 0 Å². The number of esters is 3. The number of carbonyl (C=O) groups excluding carboxylic acids is 3. The van der Waals surface area contributed by atoms with Gasteiger partial charge < -0.3 is 14.2 Å². The molecule has 0 saturated carbocycles. The highest BCUT2D eigenvalue weighted by Gasteiger charge is 2.19. The highest BCUT2D eigenvalue weighted by Crippen LogP contribution is 2.09. The first-order valence-corrected chi connectivity index (χ1v) is 19.4. The number of ether oxygens (including phenoxy) is 3. The third-order valence-corrected chi connectivity index (χ3v) is 7.35. The lowest BCUT2D eigenvalue weighted by molar-refractivity contribution is -0.167. The van der Waals surface area contributed by atoms with E-state index in [-0.39, 0.29) is 31.6 Å². The molecule has 284 valence electrons. The van der Waals surface area contributed by atoms with Crippen molar-refractivity contribution in [2.45, 2.75) is 142 Å². The molecular weight excluding hydrogens is 636 g/mol. The number of carbonyl (C=O) groups is 3. The normalized spacial score (nSPS) is 13.2. The molecule has 0 aromatic rings. The van der Waals surface area contributed by atoms with Crippen molar-refractivity contribution in [1.82, 2.24) is 0 Å². The summed E-state index contributed by atoms with van der Waals surface area (Å²) in [7, 11) is 0. The fraction of sp³-hybridized carbons (Fsp3) is 0.533. The maximum absolute atomic E-state index is 12.6. The summed E-state index contributed by atoms with van der Waals surface area (Å²) < 4.78 is 16.5. The molecule has 1 unspecified atom stereocenters. The number of rotatable bonds is 32. The fourth-order valence-electron chi connectivity index (χ4n) is 4.51. The Kier molecular flexibility index (Phi) is 35.9. The van der Waals surface area contributed by atoms with Crippen LogP contribution in [0.3, 0.4) is 0 Å². The minimum atomic E-state index is -0.831. The first-order chi connectivity index (χ1) is 25.0. The van der Waals surface area contributed by atoms with Crippen LogP contribution in [-0.4, -0.2) is 37.2 Å². The molecule has 6 heteroatoms. The van der Waals surface area contributed by atoms with Crippen molar-refractivity contribution in [3.05, 3.63) is 109 Å². The summed E-state index contributed by atoms with van der Waals surface area (Å²) >= 11 is 0. The third-order valence-electron chi connectivity index (χ3n) is 7.35. The summed E-state index contributed by atoms with van der Waals surface area (Å²) in [5, 5.41) is 0. The molecule has 0 aliphatic heterocycles. The van der Waals surface area contributed by atoms with Gasteiger partial charge in [-0.15, -0.1) is 0 Å². The highest BCUT2D eigenvalue weighted by molar-refractivity contribution is 5.71. The van der Waals surface area contributed by atoms with Gasteiger partial charge in [0.15, 0.2) is 6.10 Å². The third kappa shape index (κ3) is 37.2. The Morgan fingerprint density at radius 3 is 1.39 bits per heavy atom.